The maximum Gasteiger partial charge on any atom is 0.336 e. The molecule has 0 bridgehead atoms. The van der Waals surface area contributed by atoms with Gasteiger partial charge in [0, 0.05) is 12.1 Å². The lowest BCUT2D eigenvalue weighted by atomic mass is 10.1. The number of aliphatic hydroxyl groups is 1. The van der Waals surface area contributed by atoms with E-state index in [2.05, 4.69) is 4.74 Å². The molecule has 6 heteroatoms. The van der Waals surface area contributed by atoms with Crippen molar-refractivity contribution in [3.05, 3.63) is 35.4 Å². The number of amides is 1. The van der Waals surface area contributed by atoms with E-state index in [0.29, 0.717) is 18.7 Å². The van der Waals surface area contributed by atoms with Crippen molar-refractivity contribution in [2.75, 3.05) is 26.8 Å². The molecule has 1 aliphatic heterocycles. The van der Waals surface area contributed by atoms with Gasteiger partial charge in [0.1, 0.15) is 0 Å². The van der Waals surface area contributed by atoms with E-state index >= 15 is 0 Å². The van der Waals surface area contributed by atoms with Gasteiger partial charge in [-0.05, 0) is 17.7 Å². The van der Waals surface area contributed by atoms with E-state index in [0.717, 1.165) is 5.56 Å². The van der Waals surface area contributed by atoms with E-state index in [4.69, 9.17) is 9.84 Å². The van der Waals surface area contributed by atoms with Gasteiger partial charge in [-0.2, -0.15) is 0 Å². The Morgan fingerprint density at radius 1 is 1.40 bits per heavy atom. The lowest BCUT2D eigenvalue weighted by Crippen LogP contribution is -2.48. The van der Waals surface area contributed by atoms with Crippen molar-refractivity contribution < 1.29 is 24.2 Å². The monoisotopic (exact) mass is 279 g/mol. The van der Waals surface area contributed by atoms with Crippen molar-refractivity contribution in [3.8, 4) is 0 Å². The Kier molecular flexibility index (Phi) is 4.70. The van der Waals surface area contributed by atoms with Crippen molar-refractivity contribution >= 4 is 11.9 Å². The molecule has 1 heterocycles. The Morgan fingerprint density at radius 2 is 2.10 bits per heavy atom. The highest BCUT2D eigenvalue weighted by atomic mass is 16.6. The number of carbonyl (C=O) groups excluding carboxylic acids is 2. The van der Waals surface area contributed by atoms with Crippen molar-refractivity contribution in [2.45, 2.75) is 12.7 Å². The number of rotatable bonds is 3. The number of ether oxygens (including phenoxy) is 2. The molecule has 0 saturated carbocycles. The molecule has 0 spiro atoms. The van der Waals surface area contributed by atoms with Crippen LogP contribution in [-0.4, -0.2) is 54.8 Å². The Labute approximate surface area is 116 Å². The van der Waals surface area contributed by atoms with E-state index in [1.54, 1.807) is 29.2 Å². The van der Waals surface area contributed by atoms with E-state index in [-0.39, 0.29) is 19.1 Å². The summed E-state index contributed by atoms with van der Waals surface area (Å²) in [5.41, 5.74) is 1.27. The molecular weight excluding hydrogens is 262 g/mol. The van der Waals surface area contributed by atoms with Crippen LogP contribution in [0, 0.1) is 0 Å². The summed E-state index contributed by atoms with van der Waals surface area (Å²) in [6.45, 7) is 0.873. The number of hydrogen-bond acceptors (Lipinski definition) is 5. The molecule has 1 aromatic carbocycles. The van der Waals surface area contributed by atoms with Crippen LogP contribution in [0.4, 0.5) is 0 Å². The van der Waals surface area contributed by atoms with Crippen molar-refractivity contribution in [1.29, 1.82) is 0 Å². The van der Waals surface area contributed by atoms with Crippen LogP contribution in [-0.2, 0) is 20.9 Å². The van der Waals surface area contributed by atoms with Gasteiger partial charge in [0.2, 0.25) is 0 Å². The van der Waals surface area contributed by atoms with Gasteiger partial charge in [0.15, 0.2) is 6.10 Å². The summed E-state index contributed by atoms with van der Waals surface area (Å²) in [5, 5.41) is 8.98. The van der Waals surface area contributed by atoms with Crippen molar-refractivity contribution in [2.24, 2.45) is 0 Å². The number of nitrogens with zero attached hydrogens (tertiary/aromatic N) is 1. The van der Waals surface area contributed by atoms with Crippen molar-refractivity contribution in [1.82, 2.24) is 4.90 Å². The third-order valence-corrected chi connectivity index (χ3v) is 3.20. The second-order valence-corrected chi connectivity index (χ2v) is 4.49. The molecule has 1 N–H and O–H groups in total. The van der Waals surface area contributed by atoms with Gasteiger partial charge < -0.3 is 19.5 Å². The minimum atomic E-state index is -0.727. The molecule has 20 heavy (non-hydrogen) atoms. The molecule has 108 valence electrons. The summed E-state index contributed by atoms with van der Waals surface area (Å²) in [6.07, 6.45) is -0.727. The maximum absolute atomic E-state index is 12.3. The first-order valence-electron chi connectivity index (χ1n) is 6.34. The van der Waals surface area contributed by atoms with E-state index in [1.165, 1.54) is 7.11 Å². The zero-order valence-electron chi connectivity index (χ0n) is 11.2. The Morgan fingerprint density at radius 3 is 2.70 bits per heavy atom. The average Bonchev–Trinajstić information content (AvgIpc) is 2.53. The first-order chi connectivity index (χ1) is 9.65. The summed E-state index contributed by atoms with van der Waals surface area (Å²) >= 11 is 0. The maximum atomic E-state index is 12.3. The van der Waals surface area contributed by atoms with Gasteiger partial charge in [-0.3, -0.25) is 4.79 Å². The molecule has 0 aliphatic carbocycles. The first kappa shape index (κ1) is 14.5. The Hall–Kier alpha value is -1.92. The molecule has 1 aliphatic rings. The zero-order valence-corrected chi connectivity index (χ0v) is 11.2. The molecular formula is C14H17NO5. The average molecular weight is 279 g/mol. The minimum absolute atomic E-state index is 0.0591. The number of carbonyl (C=O) groups is 2. The number of aliphatic hydroxyl groups excluding tert-OH is 1. The fraction of sp³-hybridized carbons (Fsp3) is 0.429. The van der Waals surface area contributed by atoms with Gasteiger partial charge in [-0.1, -0.05) is 12.1 Å². The van der Waals surface area contributed by atoms with Crippen molar-refractivity contribution in [3.63, 3.8) is 0 Å². The SMILES string of the molecule is COC(=O)C1CN(C(=O)c2ccc(CO)cc2)CCO1. The fourth-order valence-electron chi connectivity index (χ4n) is 2.04. The number of morpholine rings is 1. The molecule has 1 saturated heterocycles. The molecule has 6 nitrogen and oxygen atoms in total. The topological polar surface area (TPSA) is 76.1 Å². The second kappa shape index (κ2) is 6.49. The number of esters is 1. The summed E-state index contributed by atoms with van der Waals surface area (Å²) in [6, 6.07) is 6.73. The molecule has 1 fully saturated rings. The standard InChI is InChI=1S/C14H17NO5/c1-19-14(18)12-8-15(6-7-20-12)13(17)11-4-2-10(9-16)3-5-11/h2-5,12,16H,6-9H2,1H3. The van der Waals surface area contributed by atoms with Crippen LogP contribution in [0.15, 0.2) is 24.3 Å². The fourth-order valence-corrected chi connectivity index (χ4v) is 2.04. The minimum Gasteiger partial charge on any atom is -0.467 e. The second-order valence-electron chi connectivity index (χ2n) is 4.49. The molecule has 0 aromatic heterocycles. The third kappa shape index (κ3) is 3.15. The lowest BCUT2D eigenvalue weighted by molar-refractivity contribution is -0.158. The summed E-state index contributed by atoms with van der Waals surface area (Å²) in [5.74, 6) is -0.634. The highest BCUT2D eigenvalue weighted by Crippen LogP contribution is 2.12. The largest absolute Gasteiger partial charge is 0.467 e. The molecule has 1 amide bonds. The predicted molar refractivity (Wildman–Crippen MR) is 70.0 cm³/mol. The highest BCUT2D eigenvalue weighted by Gasteiger charge is 2.30. The predicted octanol–water partition coefficient (Wildman–Crippen LogP) is 0.193. The van der Waals surface area contributed by atoms with Gasteiger partial charge >= 0.3 is 5.97 Å². The molecule has 0 radical (unpaired) electrons. The first-order valence-corrected chi connectivity index (χ1v) is 6.34. The van der Waals surface area contributed by atoms with Crippen LogP contribution in [0.2, 0.25) is 0 Å². The van der Waals surface area contributed by atoms with Crippen LogP contribution in [0.1, 0.15) is 15.9 Å². The van der Waals surface area contributed by atoms with Gasteiger partial charge in [0.25, 0.3) is 5.91 Å². The van der Waals surface area contributed by atoms with Gasteiger partial charge in [-0.25, -0.2) is 4.79 Å². The third-order valence-electron chi connectivity index (χ3n) is 3.20. The molecule has 1 atom stereocenters. The molecule has 2 rings (SSSR count). The Balaban J connectivity index is 2.05. The van der Waals surface area contributed by atoms with E-state index < -0.39 is 12.1 Å². The number of hydrogen-bond donors (Lipinski definition) is 1. The summed E-state index contributed by atoms with van der Waals surface area (Å²) in [4.78, 5) is 25.3. The van der Waals surface area contributed by atoms with Crippen LogP contribution < -0.4 is 0 Å². The quantitative estimate of drug-likeness (QED) is 0.800. The normalized spacial score (nSPS) is 18.7. The van der Waals surface area contributed by atoms with E-state index in [1.807, 2.05) is 0 Å². The number of methoxy groups -OCH3 is 1. The van der Waals surface area contributed by atoms with Crippen LogP contribution in [0.3, 0.4) is 0 Å². The molecule has 1 aromatic rings. The smallest absolute Gasteiger partial charge is 0.336 e. The van der Waals surface area contributed by atoms with E-state index in [9.17, 15) is 9.59 Å². The van der Waals surface area contributed by atoms with Gasteiger partial charge in [-0.15, -0.1) is 0 Å². The highest BCUT2D eigenvalue weighted by molar-refractivity contribution is 5.94. The lowest BCUT2D eigenvalue weighted by Gasteiger charge is -2.31. The van der Waals surface area contributed by atoms with Gasteiger partial charge in [0.05, 0.1) is 26.9 Å². The molecule has 1 unspecified atom stereocenters. The summed E-state index contributed by atoms with van der Waals surface area (Å²) in [7, 11) is 1.29. The summed E-state index contributed by atoms with van der Waals surface area (Å²) < 4.78 is 9.91. The zero-order chi connectivity index (χ0) is 14.5. The Bertz CT molecular complexity index is 485. The van der Waals surface area contributed by atoms with Crippen LogP contribution in [0.25, 0.3) is 0 Å². The number of benzene rings is 1. The van der Waals surface area contributed by atoms with Crippen LogP contribution in [0.5, 0.6) is 0 Å². The van der Waals surface area contributed by atoms with Crippen LogP contribution >= 0.6 is 0 Å².